The van der Waals surface area contributed by atoms with Gasteiger partial charge in [-0.25, -0.2) is 12.7 Å². The zero-order valence-electron chi connectivity index (χ0n) is 13.0. The van der Waals surface area contributed by atoms with Gasteiger partial charge in [-0.3, -0.25) is 4.79 Å². The Morgan fingerprint density at radius 1 is 1.18 bits per heavy atom. The van der Waals surface area contributed by atoms with E-state index < -0.39 is 10.0 Å². The molecule has 1 aromatic rings. The van der Waals surface area contributed by atoms with Crippen LogP contribution < -0.4 is 0 Å². The molecule has 2 heterocycles. The summed E-state index contributed by atoms with van der Waals surface area (Å²) in [4.78, 5) is 13.8. The van der Waals surface area contributed by atoms with Gasteiger partial charge in [0.25, 0.3) is 0 Å². The van der Waals surface area contributed by atoms with Crippen molar-refractivity contribution in [1.82, 2.24) is 9.21 Å². The molecule has 0 saturated carbocycles. The second kappa shape index (κ2) is 5.35. The maximum Gasteiger partial charge on any atom is 0.219 e. The Morgan fingerprint density at radius 3 is 2.41 bits per heavy atom. The number of hydrogen-bond donors (Lipinski definition) is 0. The highest BCUT2D eigenvalue weighted by molar-refractivity contribution is 7.88. The average molecular weight is 322 g/mol. The van der Waals surface area contributed by atoms with Crippen molar-refractivity contribution < 1.29 is 13.2 Å². The number of rotatable bonds is 2. The van der Waals surface area contributed by atoms with E-state index in [9.17, 15) is 13.2 Å². The maximum atomic E-state index is 12.0. The van der Waals surface area contributed by atoms with E-state index >= 15 is 0 Å². The molecule has 0 spiro atoms. The highest BCUT2D eigenvalue weighted by Crippen LogP contribution is 2.46. The summed E-state index contributed by atoms with van der Waals surface area (Å²) in [7, 11) is -3.23. The van der Waals surface area contributed by atoms with Crippen molar-refractivity contribution in [3.05, 3.63) is 35.9 Å². The van der Waals surface area contributed by atoms with Crippen LogP contribution in [0.2, 0.25) is 0 Å². The van der Waals surface area contributed by atoms with Crippen LogP contribution in [-0.2, 0) is 20.2 Å². The number of sulfonamides is 1. The Labute approximate surface area is 132 Å². The van der Waals surface area contributed by atoms with Crippen molar-refractivity contribution in [3.8, 4) is 0 Å². The van der Waals surface area contributed by atoms with Crippen molar-refractivity contribution >= 4 is 15.9 Å². The monoisotopic (exact) mass is 322 g/mol. The number of benzene rings is 1. The Hall–Kier alpha value is -1.40. The third kappa shape index (κ3) is 2.44. The van der Waals surface area contributed by atoms with Crippen molar-refractivity contribution in [2.45, 2.75) is 31.2 Å². The first-order valence-corrected chi connectivity index (χ1v) is 9.47. The molecule has 3 rings (SSSR count). The molecule has 2 atom stereocenters. The lowest BCUT2D eigenvalue weighted by Crippen LogP contribution is -2.57. The molecule has 2 aliphatic heterocycles. The molecule has 2 fully saturated rings. The molecule has 5 nitrogen and oxygen atoms in total. The third-order valence-electron chi connectivity index (χ3n) is 5.22. The summed E-state index contributed by atoms with van der Waals surface area (Å²) in [6.07, 6.45) is 2.91. The smallest absolute Gasteiger partial charge is 0.219 e. The molecule has 120 valence electrons. The zero-order chi connectivity index (χ0) is 16.0. The molecular formula is C16H22N2O3S. The number of nitrogens with zero attached hydrogens (tertiary/aromatic N) is 2. The Kier molecular flexibility index (Phi) is 3.77. The first-order valence-electron chi connectivity index (χ1n) is 7.62. The predicted octanol–water partition coefficient (Wildman–Crippen LogP) is 1.21. The van der Waals surface area contributed by atoms with Gasteiger partial charge in [0.2, 0.25) is 15.9 Å². The maximum absolute atomic E-state index is 12.0. The summed E-state index contributed by atoms with van der Waals surface area (Å²) in [5.41, 5.74) is 1.10. The molecule has 6 heteroatoms. The number of amides is 1. The minimum absolute atomic E-state index is 0.0261. The SMILES string of the molecule is CC(=O)N1CC[C@]2(c3ccccc3)CCN(S(C)(=O)=O)C[C@@H]12. The average Bonchev–Trinajstić information content (AvgIpc) is 2.87. The van der Waals surface area contributed by atoms with E-state index in [2.05, 4.69) is 12.1 Å². The van der Waals surface area contributed by atoms with Crippen LogP contribution in [0.1, 0.15) is 25.3 Å². The highest BCUT2D eigenvalue weighted by atomic mass is 32.2. The minimum atomic E-state index is -3.23. The van der Waals surface area contributed by atoms with E-state index in [-0.39, 0.29) is 17.4 Å². The first kappa shape index (κ1) is 15.5. The fourth-order valence-corrected chi connectivity index (χ4v) is 4.88. The van der Waals surface area contributed by atoms with Gasteiger partial charge in [0.1, 0.15) is 0 Å². The molecule has 0 aromatic heterocycles. The number of hydrogen-bond acceptors (Lipinski definition) is 3. The number of fused-ring (bicyclic) bond motifs is 1. The van der Waals surface area contributed by atoms with Crippen LogP contribution in [0.3, 0.4) is 0 Å². The zero-order valence-corrected chi connectivity index (χ0v) is 13.8. The van der Waals surface area contributed by atoms with Gasteiger partial charge in [-0.15, -0.1) is 0 Å². The summed E-state index contributed by atoms with van der Waals surface area (Å²) in [6.45, 7) is 3.19. The van der Waals surface area contributed by atoms with E-state index in [1.807, 2.05) is 23.1 Å². The van der Waals surface area contributed by atoms with Gasteiger partial charge in [0, 0.05) is 32.0 Å². The second-order valence-corrected chi connectivity index (χ2v) is 8.35. The molecule has 0 bridgehead atoms. The molecular weight excluding hydrogens is 300 g/mol. The van der Waals surface area contributed by atoms with Crippen molar-refractivity contribution in [2.75, 3.05) is 25.9 Å². The largest absolute Gasteiger partial charge is 0.338 e. The van der Waals surface area contributed by atoms with E-state index in [1.165, 1.54) is 16.1 Å². The summed E-state index contributed by atoms with van der Waals surface area (Å²) >= 11 is 0. The lowest BCUT2D eigenvalue weighted by Gasteiger charge is -2.45. The van der Waals surface area contributed by atoms with Crippen molar-refractivity contribution in [1.29, 1.82) is 0 Å². The molecule has 0 radical (unpaired) electrons. The molecule has 0 unspecified atom stereocenters. The van der Waals surface area contributed by atoms with Crippen LogP contribution in [0.5, 0.6) is 0 Å². The van der Waals surface area contributed by atoms with Crippen LogP contribution in [0, 0.1) is 0 Å². The van der Waals surface area contributed by atoms with Gasteiger partial charge < -0.3 is 4.90 Å². The third-order valence-corrected chi connectivity index (χ3v) is 6.49. The van der Waals surface area contributed by atoms with Gasteiger partial charge >= 0.3 is 0 Å². The summed E-state index contributed by atoms with van der Waals surface area (Å²) < 4.78 is 25.3. The van der Waals surface area contributed by atoms with Crippen molar-refractivity contribution in [2.24, 2.45) is 0 Å². The topological polar surface area (TPSA) is 57.7 Å². The molecule has 0 aliphatic carbocycles. The van der Waals surface area contributed by atoms with E-state index in [0.29, 0.717) is 19.6 Å². The van der Waals surface area contributed by atoms with Gasteiger partial charge in [0.15, 0.2) is 0 Å². The van der Waals surface area contributed by atoms with Gasteiger partial charge in [-0.1, -0.05) is 30.3 Å². The minimum Gasteiger partial charge on any atom is -0.338 e. The van der Waals surface area contributed by atoms with Crippen LogP contribution in [0.4, 0.5) is 0 Å². The number of likely N-dealkylation sites (tertiary alicyclic amines) is 1. The standard InChI is InChI=1S/C16H22N2O3S/c1-13(19)18-11-9-16(14-6-4-3-5-7-14)8-10-17(12-15(16)18)22(2,20)21/h3-7,15H,8-12H2,1-2H3/t15-,16+/m1/s1. The number of carbonyl (C=O) groups is 1. The second-order valence-electron chi connectivity index (χ2n) is 6.37. The molecule has 1 amide bonds. The first-order chi connectivity index (χ1) is 10.3. The number of carbonyl (C=O) groups excluding carboxylic acids is 1. The molecule has 0 N–H and O–H groups in total. The Balaban J connectivity index is 2.01. The van der Waals surface area contributed by atoms with E-state index in [0.717, 1.165) is 12.8 Å². The van der Waals surface area contributed by atoms with Gasteiger partial charge in [-0.2, -0.15) is 0 Å². The normalized spacial score (nSPS) is 29.4. The predicted molar refractivity (Wildman–Crippen MR) is 84.9 cm³/mol. The number of piperidine rings is 1. The molecule has 2 saturated heterocycles. The van der Waals surface area contributed by atoms with Gasteiger partial charge in [0.05, 0.1) is 12.3 Å². The summed E-state index contributed by atoms with van der Waals surface area (Å²) in [5.74, 6) is 0.0261. The van der Waals surface area contributed by atoms with Crippen LogP contribution >= 0.6 is 0 Å². The summed E-state index contributed by atoms with van der Waals surface area (Å²) in [6, 6.07) is 10.1. The van der Waals surface area contributed by atoms with Crippen LogP contribution in [-0.4, -0.2) is 55.5 Å². The lowest BCUT2D eigenvalue weighted by molar-refractivity contribution is -0.130. The Morgan fingerprint density at radius 2 is 1.82 bits per heavy atom. The van der Waals surface area contributed by atoms with Crippen LogP contribution in [0.25, 0.3) is 0 Å². The quantitative estimate of drug-likeness (QED) is 0.822. The van der Waals surface area contributed by atoms with E-state index in [1.54, 1.807) is 6.92 Å². The van der Waals surface area contributed by atoms with Crippen molar-refractivity contribution in [3.63, 3.8) is 0 Å². The fourth-order valence-electron chi connectivity index (χ4n) is 4.04. The van der Waals surface area contributed by atoms with E-state index in [4.69, 9.17) is 0 Å². The lowest BCUT2D eigenvalue weighted by atomic mass is 9.70. The fraction of sp³-hybridized carbons (Fsp3) is 0.562. The molecule has 22 heavy (non-hydrogen) atoms. The van der Waals surface area contributed by atoms with Crippen LogP contribution in [0.15, 0.2) is 30.3 Å². The molecule has 1 aromatic carbocycles. The Bertz CT molecular complexity index is 674. The molecule has 2 aliphatic rings. The highest BCUT2D eigenvalue weighted by Gasteiger charge is 2.53. The summed E-state index contributed by atoms with van der Waals surface area (Å²) in [5, 5.41) is 0. The van der Waals surface area contributed by atoms with Gasteiger partial charge in [-0.05, 0) is 18.4 Å².